The highest BCUT2D eigenvalue weighted by Crippen LogP contribution is 2.34. The second-order valence-corrected chi connectivity index (χ2v) is 5.76. The fraction of sp³-hybridized carbons (Fsp3) is 0.571. The number of hydrogen-bond donors (Lipinski definition) is 1. The van der Waals surface area contributed by atoms with Gasteiger partial charge in [0.2, 0.25) is 0 Å². The van der Waals surface area contributed by atoms with Gasteiger partial charge in [-0.15, -0.1) is 0 Å². The van der Waals surface area contributed by atoms with Gasteiger partial charge in [0.25, 0.3) is 0 Å². The van der Waals surface area contributed by atoms with E-state index in [4.69, 9.17) is 5.73 Å². The van der Waals surface area contributed by atoms with Gasteiger partial charge in [0, 0.05) is 19.6 Å². The average Bonchev–Trinajstić information content (AvgIpc) is 3.16. The summed E-state index contributed by atoms with van der Waals surface area (Å²) >= 11 is 3.31. The Hall–Kier alpha value is -0.610. The van der Waals surface area contributed by atoms with Gasteiger partial charge in [-0.2, -0.15) is 0 Å². The van der Waals surface area contributed by atoms with Gasteiger partial charge in [0.1, 0.15) is 0 Å². The summed E-state index contributed by atoms with van der Waals surface area (Å²) in [6.07, 6.45) is 3.59. The van der Waals surface area contributed by atoms with E-state index in [1.54, 1.807) is 0 Å². The van der Waals surface area contributed by atoms with Gasteiger partial charge in [0.15, 0.2) is 5.82 Å². The Morgan fingerprint density at radius 3 is 2.72 bits per heavy atom. The molecule has 1 aromatic rings. The average molecular weight is 315 g/mol. The van der Waals surface area contributed by atoms with Crippen molar-refractivity contribution in [3.63, 3.8) is 0 Å². The molecule has 2 N–H and O–H groups in total. The van der Waals surface area contributed by atoms with Crippen LogP contribution in [-0.2, 0) is 6.54 Å². The molecule has 1 aromatic carbocycles. The summed E-state index contributed by atoms with van der Waals surface area (Å²) in [5.41, 5.74) is 7.11. The maximum absolute atomic E-state index is 14.3. The third-order valence-electron chi connectivity index (χ3n) is 3.37. The molecule has 1 aliphatic rings. The SMILES string of the molecule is CCCN(CC1CC1)c1ccc(CN)c(Br)c1F. The number of rotatable bonds is 6. The maximum atomic E-state index is 14.3. The molecule has 4 heteroatoms. The van der Waals surface area contributed by atoms with Crippen molar-refractivity contribution < 1.29 is 4.39 Å². The van der Waals surface area contributed by atoms with Gasteiger partial charge in [0.05, 0.1) is 10.2 Å². The van der Waals surface area contributed by atoms with Gasteiger partial charge in [-0.25, -0.2) is 4.39 Å². The van der Waals surface area contributed by atoms with Crippen molar-refractivity contribution in [2.45, 2.75) is 32.7 Å². The van der Waals surface area contributed by atoms with Crippen molar-refractivity contribution in [2.24, 2.45) is 11.7 Å². The van der Waals surface area contributed by atoms with Crippen LogP contribution in [0.4, 0.5) is 10.1 Å². The smallest absolute Gasteiger partial charge is 0.160 e. The van der Waals surface area contributed by atoms with Crippen LogP contribution in [0.2, 0.25) is 0 Å². The molecule has 0 heterocycles. The molecule has 0 unspecified atom stereocenters. The summed E-state index contributed by atoms with van der Waals surface area (Å²) < 4.78 is 14.9. The number of halogens is 2. The number of nitrogens with two attached hydrogens (primary N) is 1. The molecule has 0 amide bonds. The van der Waals surface area contributed by atoms with E-state index in [0.717, 1.165) is 31.0 Å². The van der Waals surface area contributed by atoms with Crippen LogP contribution in [0.15, 0.2) is 16.6 Å². The van der Waals surface area contributed by atoms with Crippen LogP contribution in [0.25, 0.3) is 0 Å². The molecule has 2 rings (SSSR count). The van der Waals surface area contributed by atoms with Gasteiger partial charge in [-0.05, 0) is 52.7 Å². The largest absolute Gasteiger partial charge is 0.369 e. The van der Waals surface area contributed by atoms with Crippen LogP contribution in [0.5, 0.6) is 0 Å². The first-order chi connectivity index (χ1) is 8.67. The summed E-state index contributed by atoms with van der Waals surface area (Å²) in [5, 5.41) is 0. The Morgan fingerprint density at radius 1 is 1.44 bits per heavy atom. The number of hydrogen-bond acceptors (Lipinski definition) is 2. The molecule has 2 nitrogen and oxygen atoms in total. The van der Waals surface area contributed by atoms with E-state index < -0.39 is 0 Å². The van der Waals surface area contributed by atoms with Gasteiger partial charge < -0.3 is 10.6 Å². The van der Waals surface area contributed by atoms with Crippen LogP contribution >= 0.6 is 15.9 Å². The lowest BCUT2D eigenvalue weighted by Gasteiger charge is -2.25. The Kier molecular flexibility index (Phi) is 4.62. The molecule has 1 fully saturated rings. The molecule has 0 aromatic heterocycles. The molecule has 0 aliphatic heterocycles. The summed E-state index contributed by atoms with van der Waals surface area (Å²) in [5.74, 6) is 0.580. The minimum atomic E-state index is -0.174. The molecule has 18 heavy (non-hydrogen) atoms. The monoisotopic (exact) mass is 314 g/mol. The van der Waals surface area contributed by atoms with Gasteiger partial charge in [-0.3, -0.25) is 0 Å². The predicted molar refractivity (Wildman–Crippen MR) is 77.2 cm³/mol. The highest BCUT2D eigenvalue weighted by molar-refractivity contribution is 9.10. The summed E-state index contributed by atoms with van der Waals surface area (Å²) in [6, 6.07) is 3.78. The topological polar surface area (TPSA) is 29.3 Å². The Morgan fingerprint density at radius 2 is 2.17 bits per heavy atom. The molecule has 1 saturated carbocycles. The fourth-order valence-corrected chi connectivity index (χ4v) is 2.67. The van der Waals surface area contributed by atoms with Crippen molar-refractivity contribution in [2.75, 3.05) is 18.0 Å². The lowest BCUT2D eigenvalue weighted by Crippen LogP contribution is -2.27. The van der Waals surface area contributed by atoms with E-state index >= 15 is 0 Å². The molecular weight excluding hydrogens is 295 g/mol. The van der Waals surface area contributed by atoms with E-state index in [1.807, 2.05) is 12.1 Å². The Bertz CT molecular complexity index is 419. The number of nitrogens with zero attached hydrogens (tertiary/aromatic N) is 1. The predicted octanol–water partition coefficient (Wildman–Crippen LogP) is 3.67. The van der Waals surface area contributed by atoms with E-state index in [2.05, 4.69) is 27.8 Å². The molecule has 0 spiro atoms. The van der Waals surface area contributed by atoms with E-state index in [1.165, 1.54) is 12.8 Å². The third kappa shape index (κ3) is 3.04. The Balaban J connectivity index is 2.25. The van der Waals surface area contributed by atoms with Crippen molar-refractivity contribution in [1.29, 1.82) is 0 Å². The zero-order valence-corrected chi connectivity index (χ0v) is 12.3. The Labute approximate surface area is 116 Å². The lowest BCUT2D eigenvalue weighted by molar-refractivity contribution is 0.600. The molecule has 0 atom stereocenters. The zero-order valence-electron chi connectivity index (χ0n) is 10.8. The zero-order chi connectivity index (χ0) is 13.1. The molecular formula is C14H20BrFN2. The summed E-state index contributed by atoms with van der Waals surface area (Å²) in [6.45, 7) is 4.36. The fourth-order valence-electron chi connectivity index (χ4n) is 2.17. The summed E-state index contributed by atoms with van der Waals surface area (Å²) in [4.78, 5) is 2.16. The lowest BCUT2D eigenvalue weighted by atomic mass is 10.1. The summed E-state index contributed by atoms with van der Waals surface area (Å²) in [7, 11) is 0. The second kappa shape index (κ2) is 6.02. The molecule has 0 bridgehead atoms. The van der Waals surface area contributed by atoms with E-state index in [0.29, 0.717) is 16.7 Å². The number of benzene rings is 1. The van der Waals surface area contributed by atoms with Crippen LogP contribution in [0, 0.1) is 11.7 Å². The van der Waals surface area contributed by atoms with Crippen molar-refractivity contribution in [1.82, 2.24) is 0 Å². The number of anilines is 1. The molecule has 0 saturated heterocycles. The van der Waals surface area contributed by atoms with Crippen LogP contribution < -0.4 is 10.6 Å². The van der Waals surface area contributed by atoms with Crippen LogP contribution in [-0.4, -0.2) is 13.1 Å². The maximum Gasteiger partial charge on any atom is 0.160 e. The van der Waals surface area contributed by atoms with Crippen molar-refractivity contribution in [3.05, 3.63) is 28.0 Å². The molecule has 0 radical (unpaired) electrons. The first-order valence-electron chi connectivity index (χ1n) is 6.59. The van der Waals surface area contributed by atoms with Gasteiger partial charge >= 0.3 is 0 Å². The van der Waals surface area contributed by atoms with Crippen molar-refractivity contribution in [3.8, 4) is 0 Å². The van der Waals surface area contributed by atoms with E-state index in [-0.39, 0.29) is 5.82 Å². The first kappa shape index (κ1) is 13.8. The quantitative estimate of drug-likeness (QED) is 0.868. The highest BCUT2D eigenvalue weighted by atomic mass is 79.9. The molecule has 1 aliphatic carbocycles. The second-order valence-electron chi connectivity index (χ2n) is 4.97. The minimum Gasteiger partial charge on any atom is -0.369 e. The van der Waals surface area contributed by atoms with Crippen molar-refractivity contribution >= 4 is 21.6 Å². The minimum absolute atomic E-state index is 0.174. The van der Waals surface area contributed by atoms with Crippen LogP contribution in [0.1, 0.15) is 31.7 Å². The van der Waals surface area contributed by atoms with Crippen LogP contribution in [0.3, 0.4) is 0 Å². The standard InChI is InChI=1S/C14H20BrFN2/c1-2-7-18(9-10-3-4-10)12-6-5-11(8-17)13(15)14(12)16/h5-6,10H,2-4,7-9,17H2,1H3. The highest BCUT2D eigenvalue weighted by Gasteiger charge is 2.26. The van der Waals surface area contributed by atoms with Gasteiger partial charge in [-0.1, -0.05) is 13.0 Å². The van der Waals surface area contributed by atoms with E-state index in [9.17, 15) is 4.39 Å². The first-order valence-corrected chi connectivity index (χ1v) is 7.38. The third-order valence-corrected chi connectivity index (χ3v) is 4.23. The molecule has 100 valence electrons. The normalized spacial score (nSPS) is 14.9.